The second-order valence-corrected chi connectivity index (χ2v) is 12.5. The molecule has 10 nitrogen and oxygen atoms in total. The van der Waals surface area contributed by atoms with Crippen LogP contribution in [0.2, 0.25) is 0 Å². The van der Waals surface area contributed by atoms with E-state index in [0.717, 1.165) is 0 Å². The number of hydrogen-bond acceptors (Lipinski definition) is 8. The van der Waals surface area contributed by atoms with Crippen molar-refractivity contribution in [1.29, 1.82) is 0 Å². The number of hydrogen-bond donors (Lipinski definition) is 6. The van der Waals surface area contributed by atoms with E-state index in [4.69, 9.17) is 4.74 Å². The monoisotopic (exact) mass is 676 g/mol. The van der Waals surface area contributed by atoms with E-state index in [1.807, 2.05) is 0 Å². The number of amides is 2. The van der Waals surface area contributed by atoms with E-state index in [1.54, 1.807) is 49.5 Å². The molecule has 2 aliphatic rings. The first kappa shape index (κ1) is 34.4. The molecule has 2 amide bonds. The number of halogens is 2. The molecule has 4 aromatic rings. The smallest absolute Gasteiger partial charge is 0.325 e. The van der Waals surface area contributed by atoms with Gasteiger partial charge in [-0.1, -0.05) is 48.5 Å². The molecule has 0 bridgehead atoms. The van der Waals surface area contributed by atoms with Crippen LogP contribution < -0.4 is 4.90 Å². The SMILES string of the molecule is CN1C(=O)N(c2ccc(F)cc2)[C@H](c2ccc(-c3ccc(C4O[C@H](CO)[C@@H](O)[C@H](O)[C@H]4O)cc3)cc2O)[C@@H]1CC[C@H](O)c1ccc(F)cc1. The Hall–Kier alpha value is -4.43. The molecule has 0 aromatic heterocycles. The van der Waals surface area contributed by atoms with Crippen molar-refractivity contribution < 1.29 is 49.0 Å². The average molecular weight is 677 g/mol. The van der Waals surface area contributed by atoms with Gasteiger partial charge >= 0.3 is 6.03 Å². The van der Waals surface area contributed by atoms with Crippen LogP contribution in [-0.4, -0.2) is 85.7 Å². The Balaban J connectivity index is 1.29. The summed E-state index contributed by atoms with van der Waals surface area (Å²) in [4.78, 5) is 16.7. The summed E-state index contributed by atoms with van der Waals surface area (Å²) >= 11 is 0. The number of benzene rings is 4. The maximum Gasteiger partial charge on any atom is 0.325 e. The van der Waals surface area contributed by atoms with E-state index < -0.39 is 66.9 Å². The highest BCUT2D eigenvalue weighted by atomic mass is 19.1. The van der Waals surface area contributed by atoms with E-state index >= 15 is 0 Å². The second kappa shape index (κ2) is 14.2. The highest BCUT2D eigenvalue weighted by molar-refractivity contribution is 5.96. The van der Waals surface area contributed by atoms with Crippen LogP contribution >= 0.6 is 0 Å². The fraction of sp³-hybridized carbons (Fsp3) is 0.324. The largest absolute Gasteiger partial charge is 0.508 e. The van der Waals surface area contributed by atoms with Crippen LogP contribution in [0.4, 0.5) is 19.3 Å². The molecular weight excluding hydrogens is 638 g/mol. The van der Waals surface area contributed by atoms with Gasteiger partial charge in [0, 0.05) is 18.3 Å². The summed E-state index contributed by atoms with van der Waals surface area (Å²) in [5, 5.41) is 62.7. The van der Waals surface area contributed by atoms with Crippen molar-refractivity contribution in [2.75, 3.05) is 18.6 Å². The van der Waals surface area contributed by atoms with Gasteiger partial charge in [-0.15, -0.1) is 0 Å². The molecule has 2 heterocycles. The predicted molar refractivity (Wildman–Crippen MR) is 175 cm³/mol. The third-order valence-corrected chi connectivity index (χ3v) is 9.56. The summed E-state index contributed by atoms with van der Waals surface area (Å²) in [5.41, 5.74) is 3.24. The number of aliphatic hydroxyl groups excluding tert-OH is 5. The molecule has 0 spiro atoms. The van der Waals surface area contributed by atoms with Crippen molar-refractivity contribution >= 4 is 11.7 Å². The number of ether oxygens (including phenoxy) is 1. The Morgan fingerprint density at radius 2 is 1.43 bits per heavy atom. The number of aromatic hydroxyl groups is 1. The van der Waals surface area contributed by atoms with E-state index in [9.17, 15) is 44.2 Å². The highest BCUT2D eigenvalue weighted by Gasteiger charge is 2.47. The Bertz CT molecular complexity index is 1760. The molecule has 0 aliphatic carbocycles. The van der Waals surface area contributed by atoms with Crippen LogP contribution in [0.5, 0.6) is 5.75 Å². The van der Waals surface area contributed by atoms with Gasteiger partial charge in [-0.25, -0.2) is 13.6 Å². The molecule has 258 valence electrons. The van der Waals surface area contributed by atoms with Crippen molar-refractivity contribution in [2.45, 2.75) is 61.5 Å². The third kappa shape index (κ3) is 6.76. The number of anilines is 1. The summed E-state index contributed by atoms with van der Waals surface area (Å²) in [6.45, 7) is -0.540. The third-order valence-electron chi connectivity index (χ3n) is 9.56. The minimum absolute atomic E-state index is 0.0974. The second-order valence-electron chi connectivity index (χ2n) is 12.5. The summed E-state index contributed by atoms with van der Waals surface area (Å²) in [6, 6.07) is 21.3. The Morgan fingerprint density at radius 1 is 0.816 bits per heavy atom. The van der Waals surface area contributed by atoms with E-state index in [1.165, 1.54) is 58.3 Å². The fourth-order valence-corrected chi connectivity index (χ4v) is 6.78. The number of nitrogens with zero attached hydrogens (tertiary/aromatic N) is 2. The van der Waals surface area contributed by atoms with Crippen molar-refractivity contribution in [3.63, 3.8) is 0 Å². The molecule has 0 saturated carbocycles. The summed E-state index contributed by atoms with van der Waals surface area (Å²) in [5.74, 6) is -0.986. The number of rotatable bonds is 9. The van der Waals surface area contributed by atoms with Crippen molar-refractivity contribution in [3.8, 4) is 16.9 Å². The molecule has 1 unspecified atom stereocenters. The summed E-state index contributed by atoms with van der Waals surface area (Å²) in [7, 11) is 1.64. The average Bonchev–Trinajstić information content (AvgIpc) is 3.35. The van der Waals surface area contributed by atoms with Crippen molar-refractivity contribution in [3.05, 3.63) is 119 Å². The fourth-order valence-electron chi connectivity index (χ4n) is 6.78. The highest BCUT2D eigenvalue weighted by Crippen LogP contribution is 2.45. The molecule has 12 heteroatoms. The Kier molecular flexibility index (Phi) is 9.98. The Morgan fingerprint density at radius 3 is 2.04 bits per heavy atom. The number of urea groups is 1. The molecule has 0 radical (unpaired) electrons. The van der Waals surface area contributed by atoms with Crippen molar-refractivity contribution in [2.24, 2.45) is 0 Å². The normalized spacial score (nSPS) is 26.3. The number of aliphatic hydroxyl groups is 5. The van der Waals surface area contributed by atoms with Gasteiger partial charge in [0.05, 0.1) is 24.8 Å². The standard InChI is InChI=1S/C37H38F2N2O8/c1-40-28(16-17-29(43)21-6-9-24(38)10-7-21)32(41(37(40)48)26-13-11-25(39)12-14-26)27-15-8-23(18-30(27)44)20-2-4-22(5-3-20)36-35(47)34(46)33(45)31(19-42)49-36/h2-15,18,28-29,31-36,42-47H,16-17,19H2,1H3/t28-,29-,31+,32+,33+,34-,35+,36?/m0/s1. The first-order valence-corrected chi connectivity index (χ1v) is 16.0. The maximum absolute atomic E-state index is 13.9. The van der Waals surface area contributed by atoms with Crippen LogP contribution in [-0.2, 0) is 4.74 Å². The van der Waals surface area contributed by atoms with Gasteiger partial charge < -0.3 is 40.3 Å². The summed E-state index contributed by atoms with van der Waals surface area (Å²) < 4.78 is 33.0. The van der Waals surface area contributed by atoms with E-state index in [0.29, 0.717) is 39.9 Å². The van der Waals surface area contributed by atoms with Crippen LogP contribution in [0.15, 0.2) is 91.0 Å². The van der Waals surface area contributed by atoms with Crippen LogP contribution in [0.3, 0.4) is 0 Å². The molecule has 49 heavy (non-hydrogen) atoms. The molecule has 4 aromatic carbocycles. The Labute approximate surface area is 281 Å². The van der Waals surface area contributed by atoms with Crippen LogP contribution in [0.25, 0.3) is 11.1 Å². The number of carbonyl (C=O) groups excluding carboxylic acids is 1. The zero-order valence-corrected chi connectivity index (χ0v) is 26.6. The molecule has 2 saturated heterocycles. The van der Waals surface area contributed by atoms with Crippen LogP contribution in [0, 0.1) is 11.6 Å². The molecule has 2 aliphatic heterocycles. The quantitative estimate of drug-likeness (QED) is 0.153. The first-order valence-electron chi connectivity index (χ1n) is 16.0. The number of carbonyl (C=O) groups is 1. The molecular formula is C37H38F2N2O8. The molecule has 8 atom stereocenters. The lowest BCUT2D eigenvalue weighted by Crippen LogP contribution is -2.55. The topological polar surface area (TPSA) is 154 Å². The zero-order valence-electron chi connectivity index (χ0n) is 26.6. The van der Waals surface area contributed by atoms with Gasteiger partial charge in [-0.3, -0.25) is 4.90 Å². The predicted octanol–water partition coefficient (Wildman–Crippen LogP) is 4.35. The zero-order chi connectivity index (χ0) is 35.0. The molecule has 6 N–H and O–H groups in total. The lowest BCUT2D eigenvalue weighted by atomic mass is 9.89. The van der Waals surface area contributed by atoms with E-state index in [-0.39, 0.29) is 18.2 Å². The van der Waals surface area contributed by atoms with Gasteiger partial charge in [-0.2, -0.15) is 0 Å². The number of phenolic OH excluding ortho intramolecular Hbond substituents is 1. The lowest BCUT2D eigenvalue weighted by Gasteiger charge is -2.40. The first-order chi connectivity index (χ1) is 23.5. The van der Waals surface area contributed by atoms with Gasteiger partial charge in [-0.05, 0) is 77.6 Å². The molecule has 2 fully saturated rings. The van der Waals surface area contributed by atoms with Gasteiger partial charge in [0.15, 0.2) is 0 Å². The van der Waals surface area contributed by atoms with Gasteiger partial charge in [0.1, 0.15) is 47.9 Å². The lowest BCUT2D eigenvalue weighted by molar-refractivity contribution is -0.231. The minimum Gasteiger partial charge on any atom is -0.508 e. The van der Waals surface area contributed by atoms with Crippen molar-refractivity contribution in [1.82, 2.24) is 4.90 Å². The van der Waals surface area contributed by atoms with E-state index in [2.05, 4.69) is 0 Å². The minimum atomic E-state index is -1.51. The van der Waals surface area contributed by atoms with Crippen LogP contribution in [0.1, 0.15) is 47.8 Å². The van der Waals surface area contributed by atoms with Gasteiger partial charge in [0.2, 0.25) is 0 Å². The summed E-state index contributed by atoms with van der Waals surface area (Å²) in [6.07, 6.45) is -6.80. The molecule has 6 rings (SSSR count). The number of likely N-dealkylation sites (N-methyl/N-ethyl adjacent to an activating group) is 1. The van der Waals surface area contributed by atoms with Gasteiger partial charge in [0.25, 0.3) is 0 Å². The number of phenols is 1. The maximum atomic E-state index is 13.9.